The van der Waals surface area contributed by atoms with Crippen molar-refractivity contribution in [2.24, 2.45) is 11.8 Å². The van der Waals surface area contributed by atoms with Crippen LogP contribution in [0, 0.1) is 11.8 Å². The number of ether oxygens (including phenoxy) is 6. The number of hydrogen-bond donors (Lipinski definition) is 9. The van der Waals surface area contributed by atoms with Gasteiger partial charge in [-0.15, -0.1) is 0 Å². The van der Waals surface area contributed by atoms with Gasteiger partial charge in [-0.2, -0.15) is 0 Å². The van der Waals surface area contributed by atoms with Gasteiger partial charge in [-0.05, 0) is 6.08 Å². The van der Waals surface area contributed by atoms with E-state index < -0.39 is 117 Å². The van der Waals surface area contributed by atoms with Crippen molar-refractivity contribution in [2.45, 2.75) is 85.5 Å². The van der Waals surface area contributed by atoms with Crippen molar-refractivity contribution < 1.29 is 74.4 Å². The van der Waals surface area contributed by atoms with Crippen LogP contribution < -0.4 is 0 Å². The number of fused-ring (bicyclic) bond motifs is 3. The Morgan fingerprint density at radius 1 is 0.722 bits per heavy atom. The molecule has 3 saturated heterocycles. The maximum absolute atomic E-state index is 10.5. The summed E-state index contributed by atoms with van der Waals surface area (Å²) in [5.74, 6) is -1.12. The lowest BCUT2D eigenvalue weighted by molar-refractivity contribution is -0.355. The van der Waals surface area contributed by atoms with Crippen molar-refractivity contribution in [3.05, 3.63) is 12.3 Å². The van der Waals surface area contributed by atoms with Crippen LogP contribution in [0.4, 0.5) is 0 Å². The average Bonchev–Trinajstić information content (AvgIpc) is 3.57. The predicted molar refractivity (Wildman–Crippen MR) is 109 cm³/mol. The molecule has 36 heavy (non-hydrogen) atoms. The lowest BCUT2D eigenvalue weighted by Crippen LogP contribution is -2.62. The van der Waals surface area contributed by atoms with Gasteiger partial charge in [0.05, 0.1) is 38.1 Å². The predicted octanol–water partition coefficient (Wildman–Crippen LogP) is -5.77. The molecule has 0 spiro atoms. The molecule has 1 aliphatic carbocycles. The molecule has 0 amide bonds. The summed E-state index contributed by atoms with van der Waals surface area (Å²) in [7, 11) is 0. The van der Waals surface area contributed by atoms with Crippen molar-refractivity contribution in [2.75, 3.05) is 19.8 Å². The Kier molecular flexibility index (Phi) is 7.34. The van der Waals surface area contributed by atoms with E-state index in [0.29, 0.717) is 0 Å². The minimum Gasteiger partial charge on any atom is -0.472 e. The molecule has 0 radical (unpaired) electrons. The molecule has 5 rings (SSSR count). The van der Waals surface area contributed by atoms with E-state index in [-0.39, 0.29) is 0 Å². The van der Waals surface area contributed by atoms with Crippen LogP contribution in [-0.2, 0) is 28.4 Å². The zero-order valence-corrected chi connectivity index (χ0v) is 18.9. The number of aliphatic hydroxyl groups is 9. The standard InChI is InChI=1S/C21H32O15/c22-3-7-11(25)13(27)15(29)19(33-7)32-4-8-12(26)14(28)16(30)20(34-8)35-18-9-6(1-2-31-18)10(24)17-21(9,5-23)36-17/h1-2,6-20,22-30H,3-5H2/t6-,7-,8-,9+,10+,11-,12+,13+,14+,15-,16-,17-,18-,19-,20+,21+/m0/s1. The normalized spacial score (nSPS) is 56.1. The van der Waals surface area contributed by atoms with Crippen LogP contribution >= 0.6 is 0 Å². The molecule has 15 nitrogen and oxygen atoms in total. The summed E-state index contributed by atoms with van der Waals surface area (Å²) < 4.78 is 33.1. The molecule has 0 aromatic carbocycles. The van der Waals surface area contributed by atoms with Crippen LogP contribution in [0.3, 0.4) is 0 Å². The number of hydrogen-bond acceptors (Lipinski definition) is 15. The Labute approximate surface area is 204 Å². The van der Waals surface area contributed by atoms with Gasteiger partial charge in [0.25, 0.3) is 0 Å². The molecular formula is C21H32O15. The summed E-state index contributed by atoms with van der Waals surface area (Å²) in [4.78, 5) is 0. The lowest BCUT2D eigenvalue weighted by atomic mass is 9.85. The van der Waals surface area contributed by atoms with Gasteiger partial charge in [0, 0.05) is 5.92 Å². The maximum Gasteiger partial charge on any atom is 0.208 e. The van der Waals surface area contributed by atoms with Gasteiger partial charge in [0.1, 0.15) is 60.5 Å². The quantitative estimate of drug-likeness (QED) is 0.141. The molecule has 206 valence electrons. The van der Waals surface area contributed by atoms with Crippen molar-refractivity contribution in [3.63, 3.8) is 0 Å². The van der Waals surface area contributed by atoms with E-state index in [1.165, 1.54) is 6.26 Å². The van der Waals surface area contributed by atoms with E-state index in [0.717, 1.165) is 0 Å². The highest BCUT2D eigenvalue weighted by Gasteiger charge is 2.75. The van der Waals surface area contributed by atoms with Gasteiger partial charge < -0.3 is 74.4 Å². The lowest BCUT2D eigenvalue weighted by Gasteiger charge is -2.44. The van der Waals surface area contributed by atoms with Gasteiger partial charge in [-0.1, -0.05) is 0 Å². The summed E-state index contributed by atoms with van der Waals surface area (Å²) in [5, 5.41) is 90.8. The third-order valence-corrected chi connectivity index (χ3v) is 7.72. The average molecular weight is 524 g/mol. The fourth-order valence-corrected chi connectivity index (χ4v) is 5.56. The first-order valence-electron chi connectivity index (χ1n) is 11.7. The summed E-state index contributed by atoms with van der Waals surface area (Å²) in [6.07, 6.45) is -15.4. The largest absolute Gasteiger partial charge is 0.472 e. The zero-order valence-electron chi connectivity index (χ0n) is 18.9. The van der Waals surface area contributed by atoms with Crippen molar-refractivity contribution >= 4 is 0 Å². The molecular weight excluding hydrogens is 492 g/mol. The first-order valence-corrected chi connectivity index (χ1v) is 11.7. The fourth-order valence-electron chi connectivity index (χ4n) is 5.56. The van der Waals surface area contributed by atoms with E-state index in [1.54, 1.807) is 6.08 Å². The Morgan fingerprint density at radius 2 is 1.36 bits per heavy atom. The van der Waals surface area contributed by atoms with Crippen molar-refractivity contribution in [3.8, 4) is 0 Å². The van der Waals surface area contributed by atoms with Gasteiger partial charge in [0.2, 0.25) is 6.29 Å². The molecule has 0 aromatic rings. The fraction of sp³-hybridized carbons (Fsp3) is 0.905. The van der Waals surface area contributed by atoms with Crippen molar-refractivity contribution in [1.29, 1.82) is 0 Å². The minimum absolute atomic E-state index is 0.405. The van der Waals surface area contributed by atoms with Crippen LogP contribution in [0.15, 0.2) is 12.3 Å². The van der Waals surface area contributed by atoms with Crippen LogP contribution in [0.1, 0.15) is 0 Å². The summed E-state index contributed by atoms with van der Waals surface area (Å²) in [6.45, 7) is -1.59. The molecule has 4 heterocycles. The highest BCUT2D eigenvalue weighted by atomic mass is 16.8. The Bertz CT molecular complexity index is 812. The second-order valence-corrected chi connectivity index (χ2v) is 9.76. The molecule has 15 heteroatoms. The minimum atomic E-state index is -1.74. The monoisotopic (exact) mass is 524 g/mol. The topological polar surface area (TPSA) is 241 Å². The van der Waals surface area contributed by atoms with Crippen LogP contribution in [0.2, 0.25) is 0 Å². The van der Waals surface area contributed by atoms with Gasteiger partial charge in [-0.3, -0.25) is 0 Å². The van der Waals surface area contributed by atoms with Gasteiger partial charge >= 0.3 is 0 Å². The van der Waals surface area contributed by atoms with E-state index in [9.17, 15) is 46.0 Å². The first-order chi connectivity index (χ1) is 17.1. The summed E-state index contributed by atoms with van der Waals surface area (Å²) >= 11 is 0. The SMILES string of the molecule is OC[C@@H]1O[C@H](OC[C@@H]2O[C@H](O[C@@H]3OC=C[C@@H]4[C@@H](O)[C@@H]5O[C@]5(CO)[C@@H]34)[C@@H](O)[C@H](O)[C@@H]2O)[C@@H](O)[C@H](O)[C@H]1O. The van der Waals surface area contributed by atoms with E-state index >= 15 is 0 Å². The van der Waals surface area contributed by atoms with E-state index in [4.69, 9.17) is 28.4 Å². The second-order valence-electron chi connectivity index (χ2n) is 9.76. The Hall–Kier alpha value is -1.02. The highest BCUT2D eigenvalue weighted by molar-refractivity contribution is 5.24. The van der Waals surface area contributed by atoms with Gasteiger partial charge in [-0.25, -0.2) is 0 Å². The molecule has 1 saturated carbocycles. The molecule has 4 fully saturated rings. The van der Waals surface area contributed by atoms with Crippen LogP contribution in [0.5, 0.6) is 0 Å². The maximum atomic E-state index is 10.5. The molecule has 4 aliphatic heterocycles. The van der Waals surface area contributed by atoms with Crippen molar-refractivity contribution in [1.82, 2.24) is 0 Å². The summed E-state index contributed by atoms with van der Waals surface area (Å²) in [6, 6.07) is 0. The van der Waals surface area contributed by atoms with Gasteiger partial charge in [0.15, 0.2) is 12.6 Å². The smallest absolute Gasteiger partial charge is 0.208 e. The number of epoxide rings is 1. The van der Waals surface area contributed by atoms with E-state index in [1.807, 2.05) is 0 Å². The molecule has 0 unspecified atom stereocenters. The third kappa shape index (κ3) is 4.17. The molecule has 5 aliphatic rings. The molecule has 16 atom stereocenters. The van der Waals surface area contributed by atoms with Crippen LogP contribution in [-0.4, -0.2) is 151 Å². The zero-order chi connectivity index (χ0) is 25.9. The highest BCUT2D eigenvalue weighted by Crippen LogP contribution is 2.59. The number of rotatable bonds is 7. The first kappa shape index (κ1) is 26.6. The summed E-state index contributed by atoms with van der Waals surface area (Å²) in [5.41, 5.74) is -1.09. The third-order valence-electron chi connectivity index (χ3n) is 7.72. The number of aliphatic hydroxyl groups excluding tert-OH is 9. The molecule has 9 N–H and O–H groups in total. The Balaban J connectivity index is 1.25. The van der Waals surface area contributed by atoms with Crippen LogP contribution in [0.25, 0.3) is 0 Å². The molecule has 0 bridgehead atoms. The Morgan fingerprint density at radius 3 is 2.03 bits per heavy atom. The van der Waals surface area contributed by atoms with E-state index in [2.05, 4.69) is 0 Å². The molecule has 0 aromatic heterocycles. The second kappa shape index (κ2) is 9.94.